The highest BCUT2D eigenvalue weighted by Gasteiger charge is 2.52. The van der Waals surface area contributed by atoms with E-state index in [1.165, 1.54) is 6.08 Å². The van der Waals surface area contributed by atoms with Crippen LogP contribution in [0.3, 0.4) is 0 Å². The number of nitrogens with zero attached hydrogens (tertiary/aromatic N) is 6. The van der Waals surface area contributed by atoms with Gasteiger partial charge in [0.25, 0.3) is 0 Å². The first kappa shape index (κ1) is 20.5. The van der Waals surface area contributed by atoms with Crippen molar-refractivity contribution < 1.29 is 19.4 Å². The number of cyclic esters (lactones) is 1. The Labute approximate surface area is 190 Å². The maximum absolute atomic E-state index is 13.4. The monoisotopic (exact) mass is 450 g/mol. The van der Waals surface area contributed by atoms with E-state index in [0.29, 0.717) is 18.8 Å². The van der Waals surface area contributed by atoms with Gasteiger partial charge < -0.3 is 19.6 Å². The fourth-order valence-corrected chi connectivity index (χ4v) is 5.86. The molecule has 6 rings (SSSR count). The molecule has 2 atom stereocenters. The van der Waals surface area contributed by atoms with Crippen LogP contribution < -0.4 is 0 Å². The molecule has 0 radical (unpaired) electrons. The van der Waals surface area contributed by atoms with Crippen LogP contribution in [-0.2, 0) is 20.9 Å². The quantitative estimate of drug-likeness (QED) is 0.583. The number of fused-ring (bicyclic) bond motifs is 3. The lowest BCUT2D eigenvalue weighted by Crippen LogP contribution is -2.45. The van der Waals surface area contributed by atoms with Gasteiger partial charge in [-0.25, -0.2) is 9.48 Å². The van der Waals surface area contributed by atoms with Crippen LogP contribution in [0.4, 0.5) is 0 Å². The number of aliphatic hydroxyl groups is 1. The highest BCUT2D eigenvalue weighted by molar-refractivity contribution is 5.91. The van der Waals surface area contributed by atoms with E-state index in [2.05, 4.69) is 20.4 Å². The molecule has 10 heteroatoms. The molecule has 1 amide bonds. The Bertz CT molecular complexity index is 1170. The third-order valence-electron chi connectivity index (χ3n) is 7.61. The molecule has 33 heavy (non-hydrogen) atoms. The molecule has 2 saturated heterocycles. The molecular formula is C23H26N6O4. The number of rotatable bonds is 4. The summed E-state index contributed by atoms with van der Waals surface area (Å²) in [4.78, 5) is 28.8. The van der Waals surface area contributed by atoms with Crippen molar-refractivity contribution in [2.75, 3.05) is 26.2 Å². The third-order valence-corrected chi connectivity index (χ3v) is 7.61. The van der Waals surface area contributed by atoms with E-state index in [1.807, 2.05) is 25.1 Å². The Morgan fingerprint density at radius 2 is 2.09 bits per heavy atom. The van der Waals surface area contributed by atoms with Crippen molar-refractivity contribution in [1.82, 2.24) is 30.0 Å². The van der Waals surface area contributed by atoms with Crippen LogP contribution in [0.15, 0.2) is 30.0 Å². The number of β-amino-alcohol motifs (C(OH)–C–C–N with tert-alkyl or cyclic N) is 1. The van der Waals surface area contributed by atoms with E-state index in [-0.39, 0.29) is 24.5 Å². The molecule has 2 aromatic rings. The molecule has 0 bridgehead atoms. The predicted molar refractivity (Wildman–Crippen MR) is 115 cm³/mol. The number of esters is 1. The van der Waals surface area contributed by atoms with Crippen molar-refractivity contribution in [3.63, 3.8) is 0 Å². The highest BCUT2D eigenvalue weighted by atomic mass is 16.5. The van der Waals surface area contributed by atoms with Gasteiger partial charge in [-0.3, -0.25) is 4.79 Å². The number of carbonyl (C=O) groups is 2. The lowest BCUT2D eigenvalue weighted by Gasteiger charge is -2.38. The fourth-order valence-electron chi connectivity index (χ4n) is 5.86. The van der Waals surface area contributed by atoms with Gasteiger partial charge in [-0.15, -0.1) is 5.10 Å². The molecule has 1 N–H and O–H groups in total. The maximum atomic E-state index is 13.4. The molecule has 1 aromatic carbocycles. The van der Waals surface area contributed by atoms with Crippen LogP contribution in [0, 0.1) is 5.41 Å². The van der Waals surface area contributed by atoms with Crippen molar-refractivity contribution in [2.45, 2.75) is 44.9 Å². The van der Waals surface area contributed by atoms with Crippen LogP contribution in [0.2, 0.25) is 0 Å². The Morgan fingerprint density at radius 3 is 2.85 bits per heavy atom. The number of carbonyl (C=O) groups excluding carboxylic acids is 2. The van der Waals surface area contributed by atoms with Crippen molar-refractivity contribution in [3.05, 3.63) is 41.1 Å². The molecule has 5 heterocycles. The highest BCUT2D eigenvalue weighted by Crippen LogP contribution is 2.46. The molecule has 0 saturated carbocycles. The van der Waals surface area contributed by atoms with Gasteiger partial charge in [0.1, 0.15) is 6.61 Å². The summed E-state index contributed by atoms with van der Waals surface area (Å²) < 4.78 is 6.78. The molecule has 1 spiro atoms. The molecule has 2 fully saturated rings. The summed E-state index contributed by atoms with van der Waals surface area (Å²) >= 11 is 0. The van der Waals surface area contributed by atoms with E-state index < -0.39 is 11.5 Å². The summed E-state index contributed by atoms with van der Waals surface area (Å²) in [5, 5.41) is 22.7. The van der Waals surface area contributed by atoms with Crippen LogP contribution in [0.25, 0.3) is 11.4 Å². The molecule has 4 aliphatic heterocycles. The summed E-state index contributed by atoms with van der Waals surface area (Å²) in [6.07, 6.45) is 3.10. The van der Waals surface area contributed by atoms with E-state index in [1.54, 1.807) is 9.58 Å². The number of benzene rings is 1. The smallest absolute Gasteiger partial charge is 0.333 e. The molecule has 0 unspecified atom stereocenters. The third kappa shape index (κ3) is 3.27. The number of tetrazole rings is 1. The minimum Gasteiger partial charge on any atom is -0.456 e. The van der Waals surface area contributed by atoms with Gasteiger partial charge in [-0.2, -0.15) is 0 Å². The second-order valence-electron chi connectivity index (χ2n) is 9.65. The van der Waals surface area contributed by atoms with Crippen molar-refractivity contribution >= 4 is 11.9 Å². The number of aliphatic hydroxyl groups excluding tert-OH is 1. The van der Waals surface area contributed by atoms with Gasteiger partial charge in [0.2, 0.25) is 5.91 Å². The first-order valence-electron chi connectivity index (χ1n) is 11.4. The van der Waals surface area contributed by atoms with Gasteiger partial charge in [-0.05, 0) is 66.9 Å². The van der Waals surface area contributed by atoms with E-state index >= 15 is 0 Å². The van der Waals surface area contributed by atoms with Crippen molar-refractivity contribution in [2.24, 2.45) is 5.41 Å². The minimum atomic E-state index is -0.629. The molecular weight excluding hydrogens is 424 g/mol. The van der Waals surface area contributed by atoms with Crippen molar-refractivity contribution in [3.8, 4) is 11.4 Å². The number of amides is 1. The number of aromatic nitrogens is 4. The summed E-state index contributed by atoms with van der Waals surface area (Å²) in [6.45, 7) is 4.89. The minimum absolute atomic E-state index is 0.0540. The maximum Gasteiger partial charge on any atom is 0.333 e. The molecule has 0 aliphatic carbocycles. The fraction of sp³-hybridized carbons (Fsp3) is 0.522. The number of likely N-dealkylation sites (tertiary alicyclic amines) is 2. The number of hydrogen-bond acceptors (Lipinski definition) is 8. The normalized spacial score (nSPS) is 24.7. The topological polar surface area (TPSA) is 114 Å². The van der Waals surface area contributed by atoms with Crippen LogP contribution in [-0.4, -0.2) is 79.3 Å². The number of piperidine rings is 1. The van der Waals surface area contributed by atoms with E-state index in [0.717, 1.165) is 54.9 Å². The van der Waals surface area contributed by atoms with Crippen LogP contribution >= 0.6 is 0 Å². The van der Waals surface area contributed by atoms with Gasteiger partial charge in [0.15, 0.2) is 5.82 Å². The summed E-state index contributed by atoms with van der Waals surface area (Å²) in [5.74, 6) is 0.468. The summed E-state index contributed by atoms with van der Waals surface area (Å²) in [7, 11) is 0. The van der Waals surface area contributed by atoms with Gasteiger partial charge in [-0.1, -0.05) is 12.1 Å². The second kappa shape index (κ2) is 7.46. The van der Waals surface area contributed by atoms with E-state index in [4.69, 9.17) is 4.74 Å². The predicted octanol–water partition coefficient (Wildman–Crippen LogP) is 0.879. The standard InChI is InChI=1S/C23H26N6O4/c1-14-10-23(22(32)29(14)17-9-20(31)33-13-17)4-6-27(7-5-23)12-19(30)15-2-3-16-11-28-21(18(16)8-15)24-25-26-28/h2-3,8-9,14,19,30H,4-7,10-13H2,1H3/t14-,19-/m1/s1. The Morgan fingerprint density at radius 1 is 1.27 bits per heavy atom. The molecule has 4 aliphatic rings. The van der Waals surface area contributed by atoms with Crippen LogP contribution in [0.1, 0.15) is 43.4 Å². The summed E-state index contributed by atoms with van der Waals surface area (Å²) in [6, 6.07) is 6.03. The van der Waals surface area contributed by atoms with Crippen LogP contribution in [0.5, 0.6) is 0 Å². The Kier molecular flexibility index (Phi) is 4.63. The van der Waals surface area contributed by atoms with Crippen molar-refractivity contribution in [1.29, 1.82) is 0 Å². The zero-order valence-corrected chi connectivity index (χ0v) is 18.5. The molecule has 172 valence electrons. The SMILES string of the molecule is C[C@@H]1CC2(CCN(C[C@@H](O)c3ccc4c(c3)-c3nnnn3C4)CC2)C(=O)N1C1=CC(=O)OC1. The second-order valence-corrected chi connectivity index (χ2v) is 9.65. The largest absolute Gasteiger partial charge is 0.456 e. The first-order valence-corrected chi connectivity index (χ1v) is 11.4. The summed E-state index contributed by atoms with van der Waals surface area (Å²) in [5.41, 5.74) is 3.24. The lowest BCUT2D eigenvalue weighted by molar-refractivity contribution is -0.139. The van der Waals surface area contributed by atoms with Gasteiger partial charge in [0, 0.05) is 24.2 Å². The molecule has 1 aromatic heterocycles. The zero-order chi connectivity index (χ0) is 22.7. The Balaban J connectivity index is 1.11. The molecule has 10 nitrogen and oxygen atoms in total. The van der Waals surface area contributed by atoms with E-state index in [9.17, 15) is 14.7 Å². The number of hydrogen-bond donors (Lipinski definition) is 1. The number of ether oxygens (including phenoxy) is 1. The first-order chi connectivity index (χ1) is 15.9. The lowest BCUT2D eigenvalue weighted by atomic mass is 9.76. The zero-order valence-electron chi connectivity index (χ0n) is 18.5. The Hall–Kier alpha value is -3.11. The average Bonchev–Trinajstić information content (AvgIpc) is 3.54. The van der Waals surface area contributed by atoms with Gasteiger partial charge >= 0.3 is 5.97 Å². The average molecular weight is 450 g/mol. The van der Waals surface area contributed by atoms with Gasteiger partial charge in [0.05, 0.1) is 23.8 Å².